The van der Waals surface area contributed by atoms with Crippen molar-refractivity contribution in [1.29, 1.82) is 0 Å². The normalized spacial score (nSPS) is 14.1. The Morgan fingerprint density at radius 1 is 1.03 bits per heavy atom. The first kappa shape index (κ1) is 21.9. The summed E-state index contributed by atoms with van der Waals surface area (Å²) in [6.45, 7) is 2.45. The Labute approximate surface area is 203 Å². The topological polar surface area (TPSA) is 70.8 Å². The van der Waals surface area contributed by atoms with Gasteiger partial charge in [0.15, 0.2) is 0 Å². The van der Waals surface area contributed by atoms with Gasteiger partial charge in [0.25, 0.3) is 5.56 Å². The van der Waals surface area contributed by atoms with Gasteiger partial charge in [-0.15, -0.1) is 11.8 Å². The first-order valence-electron chi connectivity index (χ1n) is 10.4. The minimum absolute atomic E-state index is 0.105. The highest BCUT2D eigenvalue weighted by Gasteiger charge is 2.23. The molecule has 7 nitrogen and oxygen atoms in total. The molecule has 0 radical (unpaired) electrons. The van der Waals surface area contributed by atoms with Gasteiger partial charge in [-0.2, -0.15) is 9.61 Å². The van der Waals surface area contributed by atoms with Crippen LogP contribution in [0.15, 0.2) is 70.4 Å². The number of aromatic nitrogens is 3. The molecule has 1 amide bonds. The van der Waals surface area contributed by atoms with E-state index in [0.29, 0.717) is 47.7 Å². The summed E-state index contributed by atoms with van der Waals surface area (Å²) in [7, 11) is 0. The molecule has 0 saturated carbocycles. The van der Waals surface area contributed by atoms with Crippen LogP contribution >= 0.6 is 34.7 Å². The van der Waals surface area contributed by atoms with Gasteiger partial charge in [0.05, 0.1) is 5.75 Å². The van der Waals surface area contributed by atoms with Crippen LogP contribution in [0.2, 0.25) is 5.02 Å². The van der Waals surface area contributed by atoms with E-state index >= 15 is 0 Å². The molecular weight excluding hydrogens is 478 g/mol. The van der Waals surface area contributed by atoms with E-state index in [2.05, 4.69) is 15.0 Å². The van der Waals surface area contributed by atoms with Crippen LogP contribution in [0.25, 0.3) is 15.5 Å². The molecule has 1 fully saturated rings. The second-order valence-electron chi connectivity index (χ2n) is 7.53. The summed E-state index contributed by atoms with van der Waals surface area (Å²) in [5, 5.41) is 5.87. The molecule has 1 saturated heterocycles. The monoisotopic (exact) mass is 497 g/mol. The molecule has 0 N–H and O–H groups in total. The standard InChI is InChI=1S/C23H20ClN5O2S2/c24-17-6-8-18(9-7-17)32-15-21(31)28-12-10-27(11-13-28)19-14-20(30)29-23(25-19)33-22(26-29)16-4-2-1-3-5-16/h1-9,14H,10-13,15H2. The Hall–Kier alpha value is -2.88. The summed E-state index contributed by atoms with van der Waals surface area (Å²) < 4.78 is 1.35. The molecule has 4 aromatic rings. The van der Waals surface area contributed by atoms with Crippen molar-refractivity contribution >= 4 is 51.4 Å². The van der Waals surface area contributed by atoms with Crippen LogP contribution in [0.1, 0.15) is 0 Å². The average molecular weight is 498 g/mol. The molecule has 1 aliphatic rings. The molecule has 0 spiro atoms. The van der Waals surface area contributed by atoms with Crippen molar-refractivity contribution in [3.05, 3.63) is 76.0 Å². The van der Waals surface area contributed by atoms with Crippen molar-refractivity contribution in [2.24, 2.45) is 0 Å². The first-order valence-corrected chi connectivity index (χ1v) is 12.6. The summed E-state index contributed by atoms with van der Waals surface area (Å²) in [4.78, 5) is 35.5. The molecule has 1 aliphatic heterocycles. The Bertz CT molecular complexity index is 1330. The lowest BCUT2D eigenvalue weighted by molar-refractivity contribution is -0.128. The third-order valence-corrected chi connectivity index (χ3v) is 7.59. The molecule has 10 heteroatoms. The smallest absolute Gasteiger partial charge is 0.277 e. The molecule has 5 rings (SSSR count). The van der Waals surface area contributed by atoms with Crippen molar-refractivity contribution in [2.45, 2.75) is 4.90 Å². The fourth-order valence-corrected chi connectivity index (χ4v) is 5.44. The van der Waals surface area contributed by atoms with Crippen molar-refractivity contribution in [1.82, 2.24) is 19.5 Å². The predicted octanol–water partition coefficient (Wildman–Crippen LogP) is 3.91. The second-order valence-corrected chi connectivity index (χ2v) is 9.97. The van der Waals surface area contributed by atoms with Crippen LogP contribution in [0.3, 0.4) is 0 Å². The number of thioether (sulfide) groups is 1. The number of nitrogens with zero attached hydrogens (tertiary/aromatic N) is 5. The Kier molecular flexibility index (Phi) is 6.34. The van der Waals surface area contributed by atoms with Gasteiger partial charge in [0, 0.05) is 47.7 Å². The fourth-order valence-electron chi connectivity index (χ4n) is 3.61. The zero-order valence-corrected chi connectivity index (χ0v) is 19.9. The van der Waals surface area contributed by atoms with Gasteiger partial charge in [0.1, 0.15) is 10.8 Å². The SMILES string of the molecule is O=C(CSc1ccc(Cl)cc1)N1CCN(c2cc(=O)n3nc(-c4ccccc4)sc3n2)CC1. The van der Waals surface area contributed by atoms with E-state index < -0.39 is 0 Å². The molecule has 0 aliphatic carbocycles. The molecule has 0 bridgehead atoms. The molecule has 2 aromatic heterocycles. The number of halogens is 1. The number of fused-ring (bicyclic) bond motifs is 1. The number of hydrogen-bond donors (Lipinski definition) is 0. The van der Waals surface area contributed by atoms with Gasteiger partial charge < -0.3 is 9.80 Å². The quantitative estimate of drug-likeness (QED) is 0.389. The number of carbonyl (C=O) groups excluding carboxylic acids is 1. The second kappa shape index (κ2) is 9.54. The van der Waals surface area contributed by atoms with Crippen LogP contribution in [0.4, 0.5) is 5.82 Å². The fraction of sp³-hybridized carbons (Fsp3) is 0.217. The maximum atomic E-state index is 12.7. The molecule has 0 atom stereocenters. The third-order valence-electron chi connectivity index (χ3n) is 5.38. The number of piperazine rings is 1. The lowest BCUT2D eigenvalue weighted by atomic mass is 10.2. The van der Waals surface area contributed by atoms with Gasteiger partial charge in [-0.1, -0.05) is 53.3 Å². The van der Waals surface area contributed by atoms with E-state index in [0.717, 1.165) is 15.5 Å². The third kappa shape index (κ3) is 4.90. The Morgan fingerprint density at radius 2 is 1.76 bits per heavy atom. The lowest BCUT2D eigenvalue weighted by Crippen LogP contribution is -2.49. The van der Waals surface area contributed by atoms with E-state index in [4.69, 9.17) is 11.6 Å². The summed E-state index contributed by atoms with van der Waals surface area (Å²) in [5.74, 6) is 1.12. The van der Waals surface area contributed by atoms with Gasteiger partial charge in [-0.25, -0.2) is 4.98 Å². The van der Waals surface area contributed by atoms with Crippen LogP contribution in [0.5, 0.6) is 0 Å². The van der Waals surface area contributed by atoms with Crippen molar-refractivity contribution < 1.29 is 4.79 Å². The number of amides is 1. The largest absolute Gasteiger partial charge is 0.353 e. The average Bonchev–Trinajstić information content (AvgIpc) is 3.29. The van der Waals surface area contributed by atoms with Crippen LogP contribution in [-0.2, 0) is 4.79 Å². The van der Waals surface area contributed by atoms with E-state index in [-0.39, 0.29) is 11.5 Å². The van der Waals surface area contributed by atoms with Crippen molar-refractivity contribution in [2.75, 3.05) is 36.8 Å². The zero-order valence-electron chi connectivity index (χ0n) is 17.6. The Morgan fingerprint density at radius 3 is 2.48 bits per heavy atom. The minimum Gasteiger partial charge on any atom is -0.353 e. The molecular formula is C23H20ClN5O2S2. The van der Waals surface area contributed by atoms with Crippen molar-refractivity contribution in [3.63, 3.8) is 0 Å². The van der Waals surface area contributed by atoms with Gasteiger partial charge in [0.2, 0.25) is 10.9 Å². The maximum Gasteiger partial charge on any atom is 0.277 e. The molecule has 3 heterocycles. The maximum absolute atomic E-state index is 12.7. The highest BCUT2D eigenvalue weighted by Crippen LogP contribution is 2.25. The zero-order chi connectivity index (χ0) is 22.8. The summed E-state index contributed by atoms with van der Waals surface area (Å²) >= 11 is 8.81. The highest BCUT2D eigenvalue weighted by molar-refractivity contribution is 8.00. The van der Waals surface area contributed by atoms with Gasteiger partial charge in [-0.3, -0.25) is 9.59 Å². The van der Waals surface area contributed by atoms with Crippen LogP contribution in [0, 0.1) is 0 Å². The number of anilines is 1. The van der Waals surface area contributed by atoms with E-state index in [1.165, 1.54) is 33.7 Å². The number of hydrogen-bond acceptors (Lipinski definition) is 7. The molecule has 0 unspecified atom stereocenters. The molecule has 2 aromatic carbocycles. The van der Waals surface area contributed by atoms with Crippen molar-refractivity contribution in [3.8, 4) is 10.6 Å². The predicted molar refractivity (Wildman–Crippen MR) is 134 cm³/mol. The minimum atomic E-state index is -0.202. The summed E-state index contributed by atoms with van der Waals surface area (Å²) in [6.07, 6.45) is 0. The number of carbonyl (C=O) groups is 1. The van der Waals surface area contributed by atoms with Gasteiger partial charge in [-0.05, 0) is 24.3 Å². The summed E-state index contributed by atoms with van der Waals surface area (Å²) in [6, 6.07) is 18.8. The van der Waals surface area contributed by atoms with Gasteiger partial charge >= 0.3 is 0 Å². The number of benzene rings is 2. The number of rotatable bonds is 5. The Balaban J connectivity index is 1.24. The highest BCUT2D eigenvalue weighted by atomic mass is 35.5. The summed E-state index contributed by atoms with van der Waals surface area (Å²) in [5.41, 5.74) is 0.754. The first-order chi connectivity index (χ1) is 16.1. The molecule has 168 valence electrons. The lowest BCUT2D eigenvalue weighted by Gasteiger charge is -2.35. The van der Waals surface area contributed by atoms with E-state index in [1.54, 1.807) is 0 Å². The van der Waals surface area contributed by atoms with Crippen LogP contribution in [-0.4, -0.2) is 57.3 Å². The van der Waals surface area contributed by atoms with E-state index in [9.17, 15) is 9.59 Å². The van der Waals surface area contributed by atoms with E-state index in [1.807, 2.05) is 59.5 Å². The van der Waals surface area contributed by atoms with Crippen LogP contribution < -0.4 is 10.5 Å². The molecule has 33 heavy (non-hydrogen) atoms.